The Kier molecular flexibility index (Phi) is 5.81. The van der Waals surface area contributed by atoms with Crippen molar-refractivity contribution in [3.05, 3.63) is 49.8 Å². The number of rotatable bonds is 4. The van der Waals surface area contributed by atoms with Crippen molar-refractivity contribution in [2.75, 3.05) is 17.7 Å². The van der Waals surface area contributed by atoms with E-state index in [1.54, 1.807) is 6.92 Å². The zero-order valence-electron chi connectivity index (χ0n) is 14.2. The van der Waals surface area contributed by atoms with Crippen LogP contribution in [0.4, 0.5) is 5.00 Å². The van der Waals surface area contributed by atoms with Gasteiger partial charge >= 0.3 is 5.97 Å². The largest absolute Gasteiger partial charge is 0.462 e. The maximum absolute atomic E-state index is 12.6. The minimum atomic E-state index is -3.22. The maximum Gasteiger partial charge on any atom is 0.341 e. The summed E-state index contributed by atoms with van der Waals surface area (Å²) in [6, 6.07) is 4.42. The van der Waals surface area contributed by atoms with Crippen molar-refractivity contribution < 1.29 is 22.7 Å². The number of fused-ring (bicyclic) bond motifs is 1. The van der Waals surface area contributed by atoms with Crippen molar-refractivity contribution in [2.24, 2.45) is 0 Å². The Bertz CT molecular complexity index is 1030. The molecule has 2 heterocycles. The first-order chi connectivity index (χ1) is 12.7. The molecular formula is C17H15Cl2NO5S2. The minimum Gasteiger partial charge on any atom is -0.462 e. The molecule has 6 nitrogen and oxygen atoms in total. The van der Waals surface area contributed by atoms with Crippen LogP contribution < -0.4 is 5.32 Å². The predicted molar refractivity (Wildman–Crippen MR) is 106 cm³/mol. The van der Waals surface area contributed by atoms with Gasteiger partial charge in [-0.05, 0) is 37.1 Å². The van der Waals surface area contributed by atoms with Crippen LogP contribution in [0.15, 0.2) is 18.2 Å². The normalized spacial score (nSPS) is 15.1. The van der Waals surface area contributed by atoms with Gasteiger partial charge in [-0.15, -0.1) is 11.3 Å². The standard InChI is InChI=1S/C17H15Cl2NO5S2/c1-2-25-17(22)14-10-5-6-27(23,24)8-13(10)26-16(14)20-15(21)9-3-4-11(18)12(19)7-9/h3-4,7H,2,5-6,8H2,1H3,(H,20,21). The van der Waals surface area contributed by atoms with Gasteiger partial charge in [0.2, 0.25) is 0 Å². The van der Waals surface area contributed by atoms with Crippen LogP contribution in [0.5, 0.6) is 0 Å². The van der Waals surface area contributed by atoms with Crippen molar-refractivity contribution in [3.8, 4) is 0 Å². The highest BCUT2D eigenvalue weighted by molar-refractivity contribution is 7.90. The molecule has 0 fully saturated rings. The first kappa shape index (κ1) is 20.1. The Balaban J connectivity index is 1.98. The van der Waals surface area contributed by atoms with Crippen LogP contribution in [0, 0.1) is 0 Å². The highest BCUT2D eigenvalue weighted by Crippen LogP contribution is 2.38. The lowest BCUT2D eigenvalue weighted by atomic mass is 10.1. The summed E-state index contributed by atoms with van der Waals surface area (Å²) in [4.78, 5) is 25.5. The number of anilines is 1. The molecule has 0 saturated heterocycles. The Morgan fingerprint density at radius 2 is 2.00 bits per heavy atom. The smallest absolute Gasteiger partial charge is 0.341 e. The average Bonchev–Trinajstić information content (AvgIpc) is 2.93. The van der Waals surface area contributed by atoms with E-state index in [4.69, 9.17) is 27.9 Å². The molecule has 2 aromatic rings. The van der Waals surface area contributed by atoms with Crippen molar-refractivity contribution in [3.63, 3.8) is 0 Å². The summed E-state index contributed by atoms with van der Waals surface area (Å²) in [5.41, 5.74) is 1.11. The van der Waals surface area contributed by atoms with Gasteiger partial charge in [-0.25, -0.2) is 13.2 Å². The number of nitrogens with one attached hydrogen (secondary N) is 1. The molecule has 1 N–H and O–H groups in total. The van der Waals surface area contributed by atoms with Crippen LogP contribution in [0.2, 0.25) is 10.0 Å². The van der Waals surface area contributed by atoms with Crippen LogP contribution in [-0.4, -0.2) is 32.7 Å². The van der Waals surface area contributed by atoms with E-state index < -0.39 is 21.7 Å². The monoisotopic (exact) mass is 447 g/mol. The van der Waals surface area contributed by atoms with Gasteiger partial charge in [0.15, 0.2) is 9.84 Å². The third kappa shape index (κ3) is 4.29. The maximum atomic E-state index is 12.6. The number of thiophene rings is 1. The zero-order valence-corrected chi connectivity index (χ0v) is 17.3. The second-order valence-corrected chi connectivity index (χ2v) is 9.96. The second-order valence-electron chi connectivity index (χ2n) is 5.85. The lowest BCUT2D eigenvalue weighted by Gasteiger charge is -2.13. The lowest BCUT2D eigenvalue weighted by molar-refractivity contribution is 0.0527. The van der Waals surface area contributed by atoms with E-state index in [-0.39, 0.29) is 45.7 Å². The van der Waals surface area contributed by atoms with Crippen LogP contribution in [0.3, 0.4) is 0 Å². The summed E-state index contributed by atoms with van der Waals surface area (Å²) >= 11 is 12.9. The summed E-state index contributed by atoms with van der Waals surface area (Å²) in [6.45, 7) is 1.84. The molecule has 1 aliphatic heterocycles. The van der Waals surface area contributed by atoms with E-state index in [0.29, 0.717) is 15.5 Å². The fourth-order valence-corrected chi connectivity index (χ4v) is 6.07. The fourth-order valence-electron chi connectivity index (χ4n) is 2.74. The number of hydrogen-bond acceptors (Lipinski definition) is 6. The highest BCUT2D eigenvalue weighted by Gasteiger charge is 2.32. The molecule has 1 aromatic carbocycles. The number of halogens is 2. The molecule has 144 valence electrons. The molecule has 0 saturated carbocycles. The van der Waals surface area contributed by atoms with Gasteiger partial charge in [0, 0.05) is 10.4 Å². The number of hydrogen-bond donors (Lipinski definition) is 1. The van der Waals surface area contributed by atoms with Crippen molar-refractivity contribution >= 4 is 61.3 Å². The molecule has 0 radical (unpaired) electrons. The first-order valence-corrected chi connectivity index (χ1v) is 11.4. The van der Waals surface area contributed by atoms with E-state index in [9.17, 15) is 18.0 Å². The molecule has 0 bridgehead atoms. The third-order valence-electron chi connectivity index (χ3n) is 3.99. The SMILES string of the molecule is CCOC(=O)c1c(NC(=O)c2ccc(Cl)c(Cl)c2)sc2c1CCS(=O)(=O)C2. The molecular weight excluding hydrogens is 433 g/mol. The molecule has 1 aliphatic rings. The summed E-state index contributed by atoms with van der Waals surface area (Å²) in [6.07, 6.45) is 0.213. The van der Waals surface area contributed by atoms with Gasteiger partial charge < -0.3 is 10.1 Å². The van der Waals surface area contributed by atoms with Crippen molar-refractivity contribution in [1.29, 1.82) is 0 Å². The van der Waals surface area contributed by atoms with E-state index in [1.807, 2.05) is 0 Å². The molecule has 3 rings (SSSR count). The van der Waals surface area contributed by atoms with Crippen LogP contribution >= 0.6 is 34.5 Å². The summed E-state index contributed by atoms with van der Waals surface area (Å²) < 4.78 is 28.9. The summed E-state index contributed by atoms with van der Waals surface area (Å²) in [7, 11) is -3.22. The Morgan fingerprint density at radius 1 is 1.26 bits per heavy atom. The molecule has 0 atom stereocenters. The number of carbonyl (C=O) groups excluding carboxylic acids is 2. The fraction of sp³-hybridized carbons (Fsp3) is 0.294. The van der Waals surface area contributed by atoms with Crippen LogP contribution in [0.25, 0.3) is 0 Å². The van der Waals surface area contributed by atoms with Gasteiger partial charge in [-0.1, -0.05) is 23.2 Å². The molecule has 0 unspecified atom stereocenters. The molecule has 1 amide bonds. The number of sulfone groups is 1. The van der Waals surface area contributed by atoms with Gasteiger partial charge in [-0.3, -0.25) is 4.79 Å². The van der Waals surface area contributed by atoms with E-state index in [1.165, 1.54) is 18.2 Å². The van der Waals surface area contributed by atoms with E-state index in [2.05, 4.69) is 5.32 Å². The first-order valence-electron chi connectivity index (χ1n) is 8.00. The number of carbonyl (C=O) groups is 2. The van der Waals surface area contributed by atoms with Crippen LogP contribution in [0.1, 0.15) is 38.1 Å². The molecule has 10 heteroatoms. The molecule has 0 aliphatic carbocycles. The molecule has 27 heavy (non-hydrogen) atoms. The van der Waals surface area contributed by atoms with E-state index >= 15 is 0 Å². The number of ether oxygens (including phenoxy) is 1. The number of esters is 1. The minimum absolute atomic E-state index is 0.0384. The third-order valence-corrected chi connectivity index (χ3v) is 7.62. The quantitative estimate of drug-likeness (QED) is 0.716. The average molecular weight is 448 g/mol. The summed E-state index contributed by atoms with van der Waals surface area (Å²) in [5, 5.41) is 3.49. The topological polar surface area (TPSA) is 89.5 Å². The Morgan fingerprint density at radius 3 is 2.67 bits per heavy atom. The molecule has 1 aromatic heterocycles. The van der Waals surface area contributed by atoms with Gasteiger partial charge in [-0.2, -0.15) is 0 Å². The van der Waals surface area contributed by atoms with Gasteiger partial charge in [0.05, 0.1) is 33.7 Å². The Labute approximate surface area is 170 Å². The van der Waals surface area contributed by atoms with E-state index in [0.717, 1.165) is 11.3 Å². The van der Waals surface area contributed by atoms with Gasteiger partial charge in [0.25, 0.3) is 5.91 Å². The number of amides is 1. The summed E-state index contributed by atoms with van der Waals surface area (Å²) in [5.74, 6) is -1.26. The van der Waals surface area contributed by atoms with Crippen molar-refractivity contribution in [2.45, 2.75) is 19.1 Å². The lowest BCUT2D eigenvalue weighted by Crippen LogP contribution is -2.20. The molecule has 0 spiro atoms. The van der Waals surface area contributed by atoms with Gasteiger partial charge in [0.1, 0.15) is 5.00 Å². The zero-order chi connectivity index (χ0) is 19.8. The Hall–Kier alpha value is -1.61. The highest BCUT2D eigenvalue weighted by atomic mass is 35.5. The second kappa shape index (κ2) is 7.79. The number of benzene rings is 1. The predicted octanol–water partition coefficient (Wildman–Crippen LogP) is 3.95. The van der Waals surface area contributed by atoms with Crippen LogP contribution in [-0.2, 0) is 26.7 Å². The van der Waals surface area contributed by atoms with Crippen molar-refractivity contribution in [1.82, 2.24) is 0 Å².